The Kier molecular flexibility index (Phi) is 4.62. The van der Waals surface area contributed by atoms with E-state index >= 15 is 0 Å². The van der Waals surface area contributed by atoms with Crippen LogP contribution < -0.4 is 0 Å². The highest BCUT2D eigenvalue weighted by molar-refractivity contribution is 6.20. The molecule has 0 aliphatic heterocycles. The average molecular weight is 145 g/mol. The molecule has 0 N–H and O–H groups in total. The van der Waals surface area contributed by atoms with Crippen molar-refractivity contribution >= 4 is 11.6 Å². The van der Waals surface area contributed by atoms with Crippen molar-refractivity contribution in [1.82, 2.24) is 0 Å². The monoisotopic (exact) mass is 144 g/mol. The van der Waals surface area contributed by atoms with Crippen molar-refractivity contribution in [2.45, 2.75) is 32.1 Å². The minimum Gasteiger partial charge on any atom is -0.123 e. The summed E-state index contributed by atoms with van der Waals surface area (Å²) < 4.78 is 0. The summed E-state index contributed by atoms with van der Waals surface area (Å²) in [5.41, 5.74) is 0. The Balaban J connectivity index is 3.29. The van der Waals surface area contributed by atoms with Crippen LogP contribution in [0.5, 0.6) is 0 Å². The molecule has 0 bridgehead atoms. The van der Waals surface area contributed by atoms with Crippen molar-refractivity contribution in [1.29, 1.82) is 0 Å². The fourth-order valence-corrected chi connectivity index (χ4v) is 0.667. The molecule has 0 saturated carbocycles. The van der Waals surface area contributed by atoms with E-state index in [0.29, 0.717) is 5.92 Å². The predicted molar refractivity (Wildman–Crippen MR) is 42.5 cm³/mol. The van der Waals surface area contributed by atoms with Crippen molar-refractivity contribution in [3.05, 3.63) is 0 Å². The summed E-state index contributed by atoms with van der Waals surface area (Å²) >= 11 is 5.80. The molecule has 0 rings (SSSR count). The number of hydrogen-bond acceptors (Lipinski definition) is 0. The standard InChI is InChI=1S/C8H13Cl/c1-4-5-6-7(2)8(3)9/h1,7-8H,5-6H2,2-3H3. The second-order valence-electron chi connectivity index (χ2n) is 2.40. The minimum atomic E-state index is 0.248. The van der Waals surface area contributed by atoms with Crippen molar-refractivity contribution in [3.8, 4) is 12.3 Å². The molecule has 0 nitrogen and oxygen atoms in total. The van der Waals surface area contributed by atoms with Gasteiger partial charge in [0.2, 0.25) is 0 Å². The van der Waals surface area contributed by atoms with Gasteiger partial charge in [-0.05, 0) is 19.3 Å². The van der Waals surface area contributed by atoms with Crippen LogP contribution in [0.15, 0.2) is 0 Å². The summed E-state index contributed by atoms with van der Waals surface area (Å²) in [6.07, 6.45) is 6.97. The third kappa shape index (κ3) is 4.36. The molecule has 0 aliphatic rings. The van der Waals surface area contributed by atoms with E-state index < -0.39 is 0 Å². The number of halogens is 1. The molecule has 0 amide bonds. The first-order valence-electron chi connectivity index (χ1n) is 3.26. The van der Waals surface area contributed by atoms with Crippen LogP contribution in [-0.2, 0) is 0 Å². The smallest absolute Gasteiger partial charge is 0.0333 e. The van der Waals surface area contributed by atoms with Gasteiger partial charge in [0.15, 0.2) is 0 Å². The minimum absolute atomic E-state index is 0.248. The van der Waals surface area contributed by atoms with Crippen LogP contribution in [0.25, 0.3) is 0 Å². The van der Waals surface area contributed by atoms with Gasteiger partial charge in [0, 0.05) is 11.8 Å². The Morgan fingerprint density at radius 1 is 1.56 bits per heavy atom. The maximum atomic E-state index is 5.80. The summed E-state index contributed by atoms with van der Waals surface area (Å²) in [6, 6.07) is 0. The second kappa shape index (κ2) is 4.70. The molecule has 2 atom stereocenters. The molecule has 2 unspecified atom stereocenters. The van der Waals surface area contributed by atoms with Gasteiger partial charge < -0.3 is 0 Å². The molecule has 0 aliphatic carbocycles. The highest BCUT2D eigenvalue weighted by Gasteiger charge is 2.06. The van der Waals surface area contributed by atoms with Gasteiger partial charge in [-0.15, -0.1) is 23.9 Å². The number of terminal acetylenes is 1. The Hall–Kier alpha value is -0.150. The molecule has 0 spiro atoms. The SMILES string of the molecule is C#CCCC(C)C(C)Cl. The van der Waals surface area contributed by atoms with Crippen LogP contribution in [0.1, 0.15) is 26.7 Å². The molecule has 0 aromatic heterocycles. The predicted octanol–water partition coefficient (Wildman–Crippen LogP) is 2.66. The average Bonchev–Trinajstić information content (AvgIpc) is 1.82. The van der Waals surface area contributed by atoms with Crippen LogP contribution in [-0.4, -0.2) is 5.38 Å². The van der Waals surface area contributed by atoms with Gasteiger partial charge in [0.1, 0.15) is 0 Å². The van der Waals surface area contributed by atoms with E-state index in [-0.39, 0.29) is 5.38 Å². The van der Waals surface area contributed by atoms with Gasteiger partial charge in [0.05, 0.1) is 0 Å². The second-order valence-corrected chi connectivity index (χ2v) is 3.09. The van der Waals surface area contributed by atoms with E-state index in [1.807, 2.05) is 6.92 Å². The van der Waals surface area contributed by atoms with Gasteiger partial charge in [0.25, 0.3) is 0 Å². The number of hydrogen-bond donors (Lipinski definition) is 0. The lowest BCUT2D eigenvalue weighted by Gasteiger charge is -2.10. The Bertz CT molecular complexity index is 99.6. The Labute approximate surface area is 62.6 Å². The van der Waals surface area contributed by atoms with Gasteiger partial charge in [-0.25, -0.2) is 0 Å². The Morgan fingerprint density at radius 3 is 2.44 bits per heavy atom. The zero-order chi connectivity index (χ0) is 7.28. The van der Waals surface area contributed by atoms with Crippen LogP contribution in [0.2, 0.25) is 0 Å². The van der Waals surface area contributed by atoms with Crippen LogP contribution in [0.4, 0.5) is 0 Å². The molecule has 0 aromatic rings. The quantitative estimate of drug-likeness (QED) is 0.422. The molecule has 0 heterocycles. The zero-order valence-electron chi connectivity index (χ0n) is 6.02. The van der Waals surface area contributed by atoms with E-state index in [2.05, 4.69) is 12.8 Å². The molecule has 0 radical (unpaired) electrons. The highest BCUT2D eigenvalue weighted by Crippen LogP contribution is 2.14. The molecule has 0 fully saturated rings. The fourth-order valence-electron chi connectivity index (χ4n) is 0.541. The third-order valence-corrected chi connectivity index (χ3v) is 1.96. The number of rotatable bonds is 3. The van der Waals surface area contributed by atoms with Gasteiger partial charge in [-0.2, -0.15) is 0 Å². The van der Waals surface area contributed by atoms with E-state index in [9.17, 15) is 0 Å². The lowest BCUT2D eigenvalue weighted by Crippen LogP contribution is -2.05. The van der Waals surface area contributed by atoms with Crippen molar-refractivity contribution in [2.24, 2.45) is 5.92 Å². The van der Waals surface area contributed by atoms with Gasteiger partial charge in [-0.3, -0.25) is 0 Å². The van der Waals surface area contributed by atoms with Gasteiger partial charge >= 0.3 is 0 Å². The van der Waals surface area contributed by atoms with Gasteiger partial charge in [-0.1, -0.05) is 6.92 Å². The molecular formula is C8H13Cl. The number of alkyl halides is 1. The topological polar surface area (TPSA) is 0 Å². The van der Waals surface area contributed by atoms with Crippen molar-refractivity contribution in [3.63, 3.8) is 0 Å². The van der Waals surface area contributed by atoms with E-state index in [1.165, 1.54) is 0 Å². The highest BCUT2D eigenvalue weighted by atomic mass is 35.5. The van der Waals surface area contributed by atoms with Crippen LogP contribution >= 0.6 is 11.6 Å². The first kappa shape index (κ1) is 8.85. The largest absolute Gasteiger partial charge is 0.123 e. The maximum Gasteiger partial charge on any atom is 0.0333 e. The first-order chi connectivity index (χ1) is 4.18. The molecule has 9 heavy (non-hydrogen) atoms. The lowest BCUT2D eigenvalue weighted by atomic mass is 10.0. The normalized spacial score (nSPS) is 16.2. The summed E-state index contributed by atoms with van der Waals surface area (Å²) in [7, 11) is 0. The summed E-state index contributed by atoms with van der Waals surface area (Å²) in [5.74, 6) is 3.14. The molecule has 0 saturated heterocycles. The lowest BCUT2D eigenvalue weighted by molar-refractivity contribution is 0.533. The van der Waals surface area contributed by atoms with E-state index in [4.69, 9.17) is 18.0 Å². The van der Waals surface area contributed by atoms with Crippen LogP contribution in [0, 0.1) is 18.3 Å². The summed E-state index contributed by atoms with van der Waals surface area (Å²) in [6.45, 7) is 4.12. The van der Waals surface area contributed by atoms with Crippen molar-refractivity contribution < 1.29 is 0 Å². The summed E-state index contributed by atoms with van der Waals surface area (Å²) in [4.78, 5) is 0. The van der Waals surface area contributed by atoms with E-state index in [1.54, 1.807) is 0 Å². The van der Waals surface area contributed by atoms with E-state index in [0.717, 1.165) is 12.8 Å². The summed E-state index contributed by atoms with van der Waals surface area (Å²) in [5, 5.41) is 0.248. The molecule has 0 aromatic carbocycles. The fraction of sp³-hybridized carbons (Fsp3) is 0.750. The molecule has 52 valence electrons. The molecule has 1 heteroatoms. The zero-order valence-corrected chi connectivity index (χ0v) is 6.78. The Morgan fingerprint density at radius 2 is 2.11 bits per heavy atom. The third-order valence-electron chi connectivity index (χ3n) is 1.53. The molecular weight excluding hydrogens is 132 g/mol. The van der Waals surface area contributed by atoms with Crippen LogP contribution in [0.3, 0.4) is 0 Å². The first-order valence-corrected chi connectivity index (χ1v) is 3.69. The van der Waals surface area contributed by atoms with Crippen molar-refractivity contribution in [2.75, 3.05) is 0 Å². The maximum absolute atomic E-state index is 5.80.